The number of para-hydroxylation sites is 1. The van der Waals surface area contributed by atoms with Gasteiger partial charge in [0.1, 0.15) is 18.0 Å². The molecule has 2 aromatic carbocycles. The standard InChI is InChI=1S/C42H54N2O9/c1-23-29(52-38(48)35(53-32(46)21-43)34(27-15-11-9-12-16-27)44-28-17-13-10-14-18-28)20-42(49)25(3)36-40(7)22-50-30(40)19-31(51-26(4)45)41(36,8)37(47)24(2)33(23)39(42,5)6/h9-18,24-25,29-31,34-36,44,49H,19-22,43H2,1-8H3/t24-,25+,29+,30-,31+,34+,35-,36-,40-,41-,42-/m1/s1. The lowest BCUT2D eigenvalue weighted by Gasteiger charge is -2.69. The van der Waals surface area contributed by atoms with Crippen LogP contribution in [0.5, 0.6) is 0 Å². The van der Waals surface area contributed by atoms with Gasteiger partial charge in [-0.1, -0.05) is 83.1 Å². The molecule has 4 N–H and O–H groups in total. The average Bonchev–Trinajstić information content (AvgIpc) is 3.12. The van der Waals surface area contributed by atoms with Crippen LogP contribution in [-0.2, 0) is 38.1 Å². The largest absolute Gasteiger partial charge is 0.461 e. The number of nitrogens with two attached hydrogens (primary N) is 1. The number of anilines is 1. The molecule has 0 spiro atoms. The van der Waals surface area contributed by atoms with E-state index in [4.69, 9.17) is 24.7 Å². The van der Waals surface area contributed by atoms with E-state index in [1.807, 2.05) is 102 Å². The SMILES string of the molecule is CC(=O)O[C@H]1C[C@H]2OC[C@@]2(C)[C@H]2[C@H](C)[C@]3(O)C[C@H](OC(=O)[C@H](OC(=O)CN)[C@@H](Nc4ccccc4)c4ccccc4)C(C)=C([C@@H](C)C(=O)[C@]12C)C3(C)C. The zero-order chi connectivity index (χ0) is 38.7. The molecule has 11 atom stereocenters. The number of benzene rings is 2. The summed E-state index contributed by atoms with van der Waals surface area (Å²) in [6.07, 6.45) is -3.02. The summed E-state index contributed by atoms with van der Waals surface area (Å²) >= 11 is 0. The summed E-state index contributed by atoms with van der Waals surface area (Å²) in [5.41, 5.74) is 4.33. The number of rotatable bonds is 9. The van der Waals surface area contributed by atoms with Gasteiger partial charge in [-0.15, -0.1) is 0 Å². The highest BCUT2D eigenvalue weighted by atomic mass is 16.6. The van der Waals surface area contributed by atoms with E-state index in [1.165, 1.54) is 6.92 Å². The third-order valence-electron chi connectivity index (χ3n) is 13.3. The average molecular weight is 731 g/mol. The Hall–Kier alpha value is -4.06. The van der Waals surface area contributed by atoms with Gasteiger partial charge in [0.25, 0.3) is 0 Å². The molecular formula is C42H54N2O9. The predicted octanol–water partition coefficient (Wildman–Crippen LogP) is 5.32. The van der Waals surface area contributed by atoms with Crippen molar-refractivity contribution in [2.75, 3.05) is 18.5 Å². The second kappa shape index (κ2) is 14.0. The van der Waals surface area contributed by atoms with E-state index in [9.17, 15) is 19.5 Å². The first-order valence-electron chi connectivity index (χ1n) is 18.6. The van der Waals surface area contributed by atoms with Gasteiger partial charge in [0.05, 0.1) is 36.3 Å². The second-order valence-electron chi connectivity index (χ2n) is 16.6. The molecule has 286 valence electrons. The van der Waals surface area contributed by atoms with Gasteiger partial charge in [-0.2, -0.15) is 0 Å². The monoisotopic (exact) mass is 730 g/mol. The fraction of sp³-hybridized carbons (Fsp3) is 0.571. The molecule has 0 radical (unpaired) electrons. The molecule has 11 nitrogen and oxygen atoms in total. The number of Topliss-reactive ketones (excluding diaryl/α,β-unsaturated/α-hetero) is 1. The number of nitrogens with one attached hydrogen (secondary N) is 1. The minimum Gasteiger partial charge on any atom is -0.461 e. The Morgan fingerprint density at radius 2 is 1.62 bits per heavy atom. The number of carbonyl (C=O) groups excluding carboxylic acids is 4. The smallest absolute Gasteiger partial charge is 0.350 e. The molecule has 3 fully saturated rings. The molecule has 3 aliphatic carbocycles. The van der Waals surface area contributed by atoms with Gasteiger partial charge in [0, 0.05) is 42.2 Å². The first kappa shape index (κ1) is 38.7. The molecule has 0 aromatic heterocycles. The third kappa shape index (κ3) is 6.18. The normalized spacial score (nSPS) is 35.5. The maximum atomic E-state index is 15.1. The second-order valence-corrected chi connectivity index (χ2v) is 16.6. The highest BCUT2D eigenvalue weighted by Crippen LogP contribution is 2.68. The highest BCUT2D eigenvalue weighted by molar-refractivity contribution is 5.91. The van der Waals surface area contributed by atoms with Crippen LogP contribution in [0, 0.1) is 34.0 Å². The van der Waals surface area contributed by atoms with E-state index >= 15 is 4.79 Å². The van der Waals surface area contributed by atoms with Gasteiger partial charge in [0.2, 0.25) is 6.10 Å². The summed E-state index contributed by atoms with van der Waals surface area (Å²) in [5, 5.41) is 16.6. The summed E-state index contributed by atoms with van der Waals surface area (Å²) in [6.45, 7) is 14.8. The Kier molecular flexibility index (Phi) is 10.2. The Labute approximate surface area is 312 Å². The molecule has 1 aliphatic heterocycles. The first-order chi connectivity index (χ1) is 24.9. The molecule has 6 rings (SSSR count). The molecule has 2 aromatic rings. The molecule has 2 bridgehead atoms. The van der Waals surface area contributed by atoms with Crippen molar-refractivity contribution in [1.82, 2.24) is 0 Å². The van der Waals surface area contributed by atoms with E-state index in [0.717, 1.165) is 0 Å². The van der Waals surface area contributed by atoms with Gasteiger partial charge in [-0.25, -0.2) is 4.79 Å². The van der Waals surface area contributed by atoms with Crippen LogP contribution >= 0.6 is 0 Å². The molecule has 4 aliphatic rings. The van der Waals surface area contributed by atoms with Crippen molar-refractivity contribution in [3.63, 3.8) is 0 Å². The van der Waals surface area contributed by atoms with Crippen molar-refractivity contribution >= 4 is 29.4 Å². The van der Waals surface area contributed by atoms with Gasteiger partial charge in [-0.05, 0) is 54.5 Å². The number of fused-ring (bicyclic) bond motifs is 5. The maximum absolute atomic E-state index is 15.1. The fourth-order valence-electron chi connectivity index (χ4n) is 10.8. The van der Waals surface area contributed by atoms with Crippen molar-refractivity contribution in [3.05, 3.63) is 77.4 Å². The van der Waals surface area contributed by atoms with Crippen LogP contribution in [0.4, 0.5) is 5.69 Å². The van der Waals surface area contributed by atoms with Crippen LogP contribution < -0.4 is 11.1 Å². The number of carbonyl (C=O) groups is 4. The van der Waals surface area contributed by atoms with Crippen LogP contribution in [0.25, 0.3) is 0 Å². The molecular weight excluding hydrogens is 676 g/mol. The number of ether oxygens (including phenoxy) is 4. The summed E-state index contributed by atoms with van der Waals surface area (Å²) in [5.74, 6) is -3.89. The van der Waals surface area contributed by atoms with Crippen molar-refractivity contribution in [2.24, 2.45) is 39.7 Å². The topological polar surface area (TPSA) is 163 Å². The first-order valence-corrected chi connectivity index (χ1v) is 18.6. The summed E-state index contributed by atoms with van der Waals surface area (Å²) in [6, 6.07) is 17.5. The van der Waals surface area contributed by atoms with Gasteiger partial charge in [-0.3, -0.25) is 14.4 Å². The van der Waals surface area contributed by atoms with Crippen LogP contribution in [0.2, 0.25) is 0 Å². The number of ketones is 1. The molecule has 2 saturated carbocycles. The van der Waals surface area contributed by atoms with E-state index in [1.54, 1.807) is 0 Å². The van der Waals surface area contributed by atoms with Crippen LogP contribution in [-0.4, -0.2) is 72.0 Å². The zero-order valence-electron chi connectivity index (χ0n) is 32.0. The van der Waals surface area contributed by atoms with Crippen molar-refractivity contribution < 1.29 is 43.2 Å². The van der Waals surface area contributed by atoms with Gasteiger partial charge < -0.3 is 35.1 Å². The summed E-state index contributed by atoms with van der Waals surface area (Å²) in [7, 11) is 0. The quantitative estimate of drug-likeness (QED) is 0.174. The fourth-order valence-corrected chi connectivity index (χ4v) is 10.8. The van der Waals surface area contributed by atoms with Gasteiger partial charge >= 0.3 is 17.9 Å². The predicted molar refractivity (Wildman–Crippen MR) is 197 cm³/mol. The third-order valence-corrected chi connectivity index (χ3v) is 13.3. The zero-order valence-corrected chi connectivity index (χ0v) is 32.0. The number of aliphatic hydroxyl groups is 1. The van der Waals surface area contributed by atoms with Crippen LogP contribution in [0.1, 0.15) is 79.8 Å². The molecule has 0 unspecified atom stereocenters. The van der Waals surface area contributed by atoms with Crippen LogP contribution in [0.15, 0.2) is 71.8 Å². The lowest BCUT2D eigenvalue weighted by Crippen LogP contribution is -2.74. The van der Waals surface area contributed by atoms with E-state index in [0.29, 0.717) is 35.4 Å². The molecule has 11 heteroatoms. The van der Waals surface area contributed by atoms with Crippen molar-refractivity contribution in [2.45, 2.75) is 104 Å². The van der Waals surface area contributed by atoms with Crippen molar-refractivity contribution in [1.29, 1.82) is 0 Å². The molecule has 1 heterocycles. The van der Waals surface area contributed by atoms with E-state index in [-0.39, 0.29) is 18.3 Å². The molecule has 1 saturated heterocycles. The minimum atomic E-state index is -1.50. The Balaban J connectivity index is 1.44. The highest BCUT2D eigenvalue weighted by Gasteiger charge is 2.73. The van der Waals surface area contributed by atoms with Crippen LogP contribution in [0.3, 0.4) is 0 Å². The minimum absolute atomic E-state index is 0.0231. The number of hydrogen-bond acceptors (Lipinski definition) is 11. The lowest BCUT2D eigenvalue weighted by atomic mass is 9.40. The summed E-state index contributed by atoms with van der Waals surface area (Å²) < 4.78 is 24.1. The van der Waals surface area contributed by atoms with E-state index < -0.39 is 88.4 Å². The Morgan fingerprint density at radius 3 is 2.19 bits per heavy atom. The van der Waals surface area contributed by atoms with Crippen molar-refractivity contribution in [3.8, 4) is 0 Å². The summed E-state index contributed by atoms with van der Waals surface area (Å²) in [4.78, 5) is 54.9. The Bertz CT molecular complexity index is 1780. The molecule has 0 amide bonds. The maximum Gasteiger partial charge on any atom is 0.350 e. The molecule has 53 heavy (non-hydrogen) atoms. The lowest BCUT2D eigenvalue weighted by molar-refractivity contribution is -0.302. The number of hydrogen-bond donors (Lipinski definition) is 3. The van der Waals surface area contributed by atoms with Gasteiger partial charge in [0.15, 0.2) is 0 Å². The number of esters is 3. The Morgan fingerprint density at radius 1 is 1.00 bits per heavy atom. The van der Waals surface area contributed by atoms with E-state index in [2.05, 4.69) is 12.2 Å².